The maximum absolute atomic E-state index is 10.9. The van der Waals surface area contributed by atoms with Gasteiger partial charge in [0.25, 0.3) is 0 Å². The highest BCUT2D eigenvalue weighted by atomic mass is 16.5. The van der Waals surface area contributed by atoms with E-state index in [9.17, 15) is 4.79 Å². The molecule has 0 saturated carbocycles. The van der Waals surface area contributed by atoms with Crippen LogP contribution in [0.1, 0.15) is 12.5 Å². The van der Waals surface area contributed by atoms with E-state index in [0.29, 0.717) is 11.3 Å². The number of hydrogen-bond donors (Lipinski definition) is 0. The first-order valence-corrected chi connectivity index (χ1v) is 5.35. The molecule has 18 heavy (non-hydrogen) atoms. The normalized spacial score (nSPS) is 9.56. The van der Waals surface area contributed by atoms with Crippen molar-refractivity contribution < 1.29 is 9.53 Å². The zero-order valence-corrected chi connectivity index (χ0v) is 9.75. The van der Waals surface area contributed by atoms with Crippen LogP contribution >= 0.6 is 0 Å². The Balaban J connectivity index is 2.50. The molecule has 2 rings (SSSR count). The van der Waals surface area contributed by atoms with Crippen LogP contribution in [0.3, 0.4) is 0 Å². The molecule has 1 aromatic heterocycles. The van der Waals surface area contributed by atoms with E-state index in [4.69, 9.17) is 10.00 Å². The molecular formula is C14H10N2O2. The number of carbonyl (C=O) groups excluding carboxylic acids is 1. The summed E-state index contributed by atoms with van der Waals surface area (Å²) >= 11 is 0. The van der Waals surface area contributed by atoms with Crippen LogP contribution in [0.4, 0.5) is 0 Å². The third-order valence-electron chi connectivity index (χ3n) is 2.29. The molecule has 1 aromatic carbocycles. The molecule has 4 heteroatoms. The number of carbonyl (C=O) groups is 1. The summed E-state index contributed by atoms with van der Waals surface area (Å²) in [4.78, 5) is 15.1. The van der Waals surface area contributed by atoms with Crippen LogP contribution in [-0.2, 0) is 4.79 Å². The largest absolute Gasteiger partial charge is 0.408 e. The fourth-order valence-corrected chi connectivity index (χ4v) is 1.55. The average Bonchev–Trinajstić information content (AvgIpc) is 2.39. The molecular weight excluding hydrogens is 228 g/mol. The maximum Gasteiger partial charge on any atom is 0.309 e. The molecule has 0 unspecified atom stereocenters. The second-order valence-electron chi connectivity index (χ2n) is 3.62. The summed E-state index contributed by atoms with van der Waals surface area (Å²) in [5.74, 6) is -0.244. The second-order valence-corrected chi connectivity index (χ2v) is 3.62. The molecule has 0 N–H and O–H groups in total. The molecule has 2 aromatic rings. The van der Waals surface area contributed by atoms with Crippen LogP contribution in [0.15, 0.2) is 42.5 Å². The molecule has 0 saturated heterocycles. The van der Waals surface area contributed by atoms with Crippen LogP contribution in [-0.4, -0.2) is 11.0 Å². The Labute approximate surface area is 104 Å². The molecule has 0 aliphatic rings. The van der Waals surface area contributed by atoms with Crippen LogP contribution in [0, 0.1) is 11.3 Å². The highest BCUT2D eigenvalue weighted by Gasteiger charge is 2.09. The molecule has 0 amide bonds. The summed E-state index contributed by atoms with van der Waals surface area (Å²) in [6, 6.07) is 14.5. The van der Waals surface area contributed by atoms with Gasteiger partial charge >= 0.3 is 5.97 Å². The number of hydrogen-bond acceptors (Lipinski definition) is 4. The van der Waals surface area contributed by atoms with E-state index in [2.05, 4.69) is 11.1 Å². The predicted molar refractivity (Wildman–Crippen MR) is 65.7 cm³/mol. The van der Waals surface area contributed by atoms with Crippen molar-refractivity contribution in [3.8, 4) is 23.2 Å². The molecule has 0 aliphatic carbocycles. The third kappa shape index (κ3) is 2.53. The van der Waals surface area contributed by atoms with Crippen molar-refractivity contribution in [1.29, 1.82) is 5.26 Å². The summed E-state index contributed by atoms with van der Waals surface area (Å²) in [5.41, 5.74) is 1.76. The van der Waals surface area contributed by atoms with Gasteiger partial charge in [0.05, 0.1) is 11.3 Å². The third-order valence-corrected chi connectivity index (χ3v) is 2.29. The van der Waals surface area contributed by atoms with Crippen molar-refractivity contribution in [1.82, 2.24) is 4.98 Å². The molecule has 0 bridgehead atoms. The zero-order valence-electron chi connectivity index (χ0n) is 9.75. The Hall–Kier alpha value is -2.67. The standard InChI is InChI=1S/C14H10N2O2/c1-10(17)18-13-8-7-12(9-15)14(16-13)11-5-3-2-4-6-11/h2-8H,1H3. The quantitative estimate of drug-likeness (QED) is 0.754. The highest BCUT2D eigenvalue weighted by Crippen LogP contribution is 2.23. The van der Waals surface area contributed by atoms with Crippen molar-refractivity contribution in [3.63, 3.8) is 0 Å². The summed E-state index contributed by atoms with van der Waals surface area (Å²) in [6.45, 7) is 1.31. The van der Waals surface area contributed by atoms with E-state index < -0.39 is 5.97 Å². The van der Waals surface area contributed by atoms with Gasteiger partial charge in [-0.05, 0) is 6.07 Å². The summed E-state index contributed by atoms with van der Waals surface area (Å²) in [6.07, 6.45) is 0. The Bertz CT molecular complexity index is 615. The zero-order chi connectivity index (χ0) is 13.0. The number of ether oxygens (including phenoxy) is 1. The minimum atomic E-state index is -0.439. The summed E-state index contributed by atoms with van der Waals surface area (Å²) in [5, 5.41) is 9.05. The lowest BCUT2D eigenvalue weighted by atomic mass is 10.1. The van der Waals surface area contributed by atoms with Crippen molar-refractivity contribution in [2.45, 2.75) is 6.92 Å². The number of esters is 1. The number of pyridine rings is 1. The van der Waals surface area contributed by atoms with Gasteiger partial charge in [-0.15, -0.1) is 0 Å². The first kappa shape index (κ1) is 11.8. The molecule has 0 atom stereocenters. The molecule has 0 fully saturated rings. The number of nitriles is 1. The fraction of sp³-hybridized carbons (Fsp3) is 0.0714. The van der Waals surface area contributed by atoms with Gasteiger partial charge in [0.15, 0.2) is 0 Å². The highest BCUT2D eigenvalue weighted by molar-refractivity contribution is 5.70. The van der Waals surface area contributed by atoms with Gasteiger partial charge in [-0.3, -0.25) is 4.79 Å². The Morgan fingerprint density at radius 1 is 1.22 bits per heavy atom. The van der Waals surface area contributed by atoms with Gasteiger partial charge in [-0.1, -0.05) is 30.3 Å². The number of nitrogens with zero attached hydrogens (tertiary/aromatic N) is 2. The van der Waals surface area contributed by atoms with Crippen molar-refractivity contribution >= 4 is 5.97 Å². The van der Waals surface area contributed by atoms with E-state index >= 15 is 0 Å². The van der Waals surface area contributed by atoms with Gasteiger partial charge < -0.3 is 4.74 Å². The molecule has 0 radical (unpaired) electrons. The fourth-order valence-electron chi connectivity index (χ4n) is 1.55. The summed E-state index contributed by atoms with van der Waals surface area (Å²) in [7, 11) is 0. The lowest BCUT2D eigenvalue weighted by molar-refractivity contribution is -0.132. The van der Waals surface area contributed by atoms with E-state index in [1.54, 1.807) is 6.07 Å². The minimum Gasteiger partial charge on any atom is -0.408 e. The first-order chi connectivity index (χ1) is 8.70. The van der Waals surface area contributed by atoms with Gasteiger partial charge in [-0.2, -0.15) is 5.26 Å². The van der Waals surface area contributed by atoms with Crippen LogP contribution in [0.5, 0.6) is 5.88 Å². The first-order valence-electron chi connectivity index (χ1n) is 5.35. The van der Waals surface area contributed by atoms with E-state index in [-0.39, 0.29) is 5.88 Å². The lowest BCUT2D eigenvalue weighted by Crippen LogP contribution is -2.04. The Morgan fingerprint density at radius 3 is 2.56 bits per heavy atom. The molecule has 1 heterocycles. The lowest BCUT2D eigenvalue weighted by Gasteiger charge is -2.06. The monoisotopic (exact) mass is 238 g/mol. The molecule has 0 spiro atoms. The maximum atomic E-state index is 10.9. The topological polar surface area (TPSA) is 63.0 Å². The van der Waals surface area contributed by atoms with Crippen molar-refractivity contribution in [2.24, 2.45) is 0 Å². The minimum absolute atomic E-state index is 0.195. The van der Waals surface area contributed by atoms with E-state index in [0.717, 1.165) is 5.56 Å². The summed E-state index contributed by atoms with van der Waals surface area (Å²) < 4.78 is 4.92. The molecule has 4 nitrogen and oxygen atoms in total. The van der Waals surface area contributed by atoms with Gasteiger partial charge in [0.2, 0.25) is 5.88 Å². The van der Waals surface area contributed by atoms with E-state index in [1.807, 2.05) is 30.3 Å². The number of aromatic nitrogens is 1. The second kappa shape index (κ2) is 5.11. The number of rotatable bonds is 2. The average molecular weight is 238 g/mol. The van der Waals surface area contributed by atoms with Gasteiger partial charge in [0.1, 0.15) is 6.07 Å². The molecule has 88 valence electrons. The van der Waals surface area contributed by atoms with Crippen LogP contribution in [0.25, 0.3) is 11.3 Å². The smallest absolute Gasteiger partial charge is 0.309 e. The van der Waals surface area contributed by atoms with Crippen LogP contribution < -0.4 is 4.74 Å². The Kier molecular flexibility index (Phi) is 3.35. The van der Waals surface area contributed by atoms with E-state index in [1.165, 1.54) is 13.0 Å². The van der Waals surface area contributed by atoms with Crippen molar-refractivity contribution in [3.05, 3.63) is 48.0 Å². The van der Waals surface area contributed by atoms with Crippen molar-refractivity contribution in [2.75, 3.05) is 0 Å². The van der Waals surface area contributed by atoms with Gasteiger partial charge in [0, 0.05) is 18.6 Å². The molecule has 0 aliphatic heterocycles. The number of benzene rings is 1. The SMILES string of the molecule is CC(=O)Oc1ccc(C#N)c(-c2ccccc2)n1. The Morgan fingerprint density at radius 2 is 1.94 bits per heavy atom. The predicted octanol–water partition coefficient (Wildman–Crippen LogP) is 2.55. The van der Waals surface area contributed by atoms with Gasteiger partial charge in [-0.25, -0.2) is 4.98 Å². The van der Waals surface area contributed by atoms with Crippen LogP contribution in [0.2, 0.25) is 0 Å².